The van der Waals surface area contributed by atoms with E-state index in [4.69, 9.17) is 5.73 Å². The van der Waals surface area contributed by atoms with Crippen molar-refractivity contribution in [3.63, 3.8) is 0 Å². The molecular weight excluding hydrogens is 266 g/mol. The summed E-state index contributed by atoms with van der Waals surface area (Å²) in [4.78, 5) is 5.36. The fraction of sp³-hybridized carbons (Fsp3) is 0.357. The number of halogens is 2. The molecule has 0 amide bonds. The highest BCUT2D eigenvalue weighted by molar-refractivity contribution is 7.15. The SMILES string of the molecule is CC(C)(C)c1nc(-c2cc(F)ccc2F)sc1CN. The number of thiazole rings is 1. The van der Waals surface area contributed by atoms with Gasteiger partial charge in [-0.1, -0.05) is 20.8 Å². The first-order valence-electron chi connectivity index (χ1n) is 5.98. The van der Waals surface area contributed by atoms with E-state index >= 15 is 0 Å². The van der Waals surface area contributed by atoms with Gasteiger partial charge in [0.25, 0.3) is 0 Å². The summed E-state index contributed by atoms with van der Waals surface area (Å²) in [7, 11) is 0. The Hall–Kier alpha value is -1.33. The quantitative estimate of drug-likeness (QED) is 0.908. The third-order valence-electron chi connectivity index (χ3n) is 2.75. The number of nitrogens with two attached hydrogens (primary N) is 1. The van der Waals surface area contributed by atoms with Gasteiger partial charge in [0.15, 0.2) is 0 Å². The summed E-state index contributed by atoms with van der Waals surface area (Å²) in [5, 5.41) is 0.474. The van der Waals surface area contributed by atoms with Gasteiger partial charge in [-0.15, -0.1) is 11.3 Å². The van der Waals surface area contributed by atoms with Gasteiger partial charge in [-0.25, -0.2) is 13.8 Å². The first-order valence-corrected chi connectivity index (χ1v) is 6.80. The molecule has 0 saturated carbocycles. The molecule has 0 atom stereocenters. The molecule has 1 heterocycles. The van der Waals surface area contributed by atoms with Gasteiger partial charge in [-0.2, -0.15) is 0 Å². The maximum Gasteiger partial charge on any atom is 0.133 e. The molecule has 0 radical (unpaired) electrons. The summed E-state index contributed by atoms with van der Waals surface area (Å²) in [6.45, 7) is 6.41. The molecule has 2 N–H and O–H groups in total. The summed E-state index contributed by atoms with van der Waals surface area (Å²) in [5.74, 6) is -0.947. The van der Waals surface area contributed by atoms with Crippen LogP contribution >= 0.6 is 11.3 Å². The molecule has 1 aromatic heterocycles. The van der Waals surface area contributed by atoms with E-state index in [1.54, 1.807) is 0 Å². The molecule has 19 heavy (non-hydrogen) atoms. The van der Waals surface area contributed by atoms with Gasteiger partial charge in [0.1, 0.15) is 16.6 Å². The van der Waals surface area contributed by atoms with Crippen LogP contribution in [-0.4, -0.2) is 4.98 Å². The van der Waals surface area contributed by atoms with Crippen LogP contribution in [0.4, 0.5) is 8.78 Å². The first kappa shape index (κ1) is 14.1. The summed E-state index contributed by atoms with van der Waals surface area (Å²) < 4.78 is 27.0. The number of benzene rings is 1. The highest BCUT2D eigenvalue weighted by atomic mass is 32.1. The van der Waals surface area contributed by atoms with Crippen molar-refractivity contribution in [1.82, 2.24) is 4.98 Å². The van der Waals surface area contributed by atoms with E-state index in [1.807, 2.05) is 20.8 Å². The van der Waals surface area contributed by atoms with Crippen LogP contribution in [-0.2, 0) is 12.0 Å². The molecule has 102 valence electrons. The molecule has 0 bridgehead atoms. The molecule has 5 heteroatoms. The van der Waals surface area contributed by atoms with E-state index in [-0.39, 0.29) is 11.0 Å². The average molecular weight is 282 g/mol. The Morgan fingerprint density at radius 2 is 1.95 bits per heavy atom. The van der Waals surface area contributed by atoms with Gasteiger partial charge in [-0.05, 0) is 18.2 Å². The maximum atomic E-state index is 13.8. The lowest BCUT2D eigenvalue weighted by Crippen LogP contribution is -2.15. The monoisotopic (exact) mass is 282 g/mol. The van der Waals surface area contributed by atoms with Crippen LogP contribution in [0.2, 0.25) is 0 Å². The van der Waals surface area contributed by atoms with Crippen LogP contribution in [0.5, 0.6) is 0 Å². The molecule has 2 rings (SSSR count). The summed E-state index contributed by atoms with van der Waals surface area (Å²) >= 11 is 1.32. The minimum absolute atomic E-state index is 0.173. The van der Waals surface area contributed by atoms with Crippen LogP contribution in [0.25, 0.3) is 10.6 Å². The molecule has 2 nitrogen and oxygen atoms in total. The Labute approximate surface area is 115 Å². The third kappa shape index (κ3) is 2.82. The van der Waals surface area contributed by atoms with Crippen LogP contribution in [0.1, 0.15) is 31.3 Å². The number of hydrogen-bond donors (Lipinski definition) is 1. The predicted molar refractivity (Wildman–Crippen MR) is 74.1 cm³/mol. The zero-order chi connectivity index (χ0) is 14.2. The highest BCUT2D eigenvalue weighted by Crippen LogP contribution is 2.35. The van der Waals surface area contributed by atoms with E-state index in [0.717, 1.165) is 22.7 Å². The minimum Gasteiger partial charge on any atom is -0.326 e. The van der Waals surface area contributed by atoms with Crippen molar-refractivity contribution in [3.05, 3.63) is 40.4 Å². The van der Waals surface area contributed by atoms with Crippen molar-refractivity contribution in [1.29, 1.82) is 0 Å². The van der Waals surface area contributed by atoms with Crippen molar-refractivity contribution in [3.8, 4) is 10.6 Å². The van der Waals surface area contributed by atoms with Crippen molar-refractivity contribution >= 4 is 11.3 Å². The van der Waals surface area contributed by atoms with E-state index in [2.05, 4.69) is 4.98 Å². The molecule has 0 fully saturated rings. The molecule has 0 spiro atoms. The lowest BCUT2D eigenvalue weighted by molar-refractivity contribution is 0.566. The molecule has 2 aromatic rings. The van der Waals surface area contributed by atoms with Crippen LogP contribution in [0, 0.1) is 11.6 Å². The molecule has 0 unspecified atom stereocenters. The Kier molecular flexibility index (Phi) is 3.69. The van der Waals surface area contributed by atoms with Crippen molar-refractivity contribution < 1.29 is 8.78 Å². The van der Waals surface area contributed by atoms with Gasteiger partial charge in [0.2, 0.25) is 0 Å². The fourth-order valence-corrected chi connectivity index (χ4v) is 3.02. The van der Waals surface area contributed by atoms with Gasteiger partial charge >= 0.3 is 0 Å². The lowest BCUT2D eigenvalue weighted by Gasteiger charge is -2.16. The smallest absolute Gasteiger partial charge is 0.133 e. The molecule has 0 aliphatic rings. The number of nitrogens with zero attached hydrogens (tertiary/aromatic N) is 1. The van der Waals surface area contributed by atoms with E-state index in [1.165, 1.54) is 17.4 Å². The molecule has 0 aliphatic carbocycles. The Bertz CT molecular complexity index is 600. The minimum atomic E-state index is -0.474. The average Bonchev–Trinajstić information content (AvgIpc) is 2.76. The van der Waals surface area contributed by atoms with Crippen molar-refractivity contribution in [2.45, 2.75) is 32.7 Å². The molecule has 0 saturated heterocycles. The van der Waals surface area contributed by atoms with Crippen molar-refractivity contribution in [2.75, 3.05) is 0 Å². The summed E-state index contributed by atoms with van der Waals surface area (Å²) in [6, 6.07) is 3.38. The predicted octanol–water partition coefficient (Wildman–Crippen LogP) is 3.84. The van der Waals surface area contributed by atoms with E-state index < -0.39 is 11.6 Å². The molecular formula is C14H16F2N2S. The zero-order valence-corrected chi connectivity index (χ0v) is 11.9. The second-order valence-electron chi connectivity index (χ2n) is 5.37. The number of rotatable bonds is 2. The Morgan fingerprint density at radius 1 is 1.26 bits per heavy atom. The van der Waals surface area contributed by atoms with E-state index in [0.29, 0.717) is 11.6 Å². The molecule has 0 aliphatic heterocycles. The van der Waals surface area contributed by atoms with Crippen molar-refractivity contribution in [2.24, 2.45) is 5.73 Å². The largest absolute Gasteiger partial charge is 0.326 e. The standard InChI is InChI=1S/C14H16F2N2S/c1-14(2,3)12-11(7-17)19-13(18-12)9-6-8(15)4-5-10(9)16/h4-6H,7,17H2,1-3H3. The number of hydrogen-bond acceptors (Lipinski definition) is 3. The second kappa shape index (κ2) is 4.98. The topological polar surface area (TPSA) is 38.9 Å². The Morgan fingerprint density at radius 3 is 2.47 bits per heavy atom. The first-order chi connectivity index (χ1) is 8.82. The van der Waals surface area contributed by atoms with E-state index in [9.17, 15) is 8.78 Å². The molecule has 1 aromatic carbocycles. The number of aromatic nitrogens is 1. The van der Waals surface area contributed by atoms with Gasteiger partial charge in [0.05, 0.1) is 5.69 Å². The van der Waals surface area contributed by atoms with Crippen LogP contribution in [0.15, 0.2) is 18.2 Å². The highest BCUT2D eigenvalue weighted by Gasteiger charge is 2.24. The van der Waals surface area contributed by atoms with Crippen LogP contribution < -0.4 is 5.73 Å². The second-order valence-corrected chi connectivity index (χ2v) is 6.45. The Balaban J connectivity index is 2.58. The summed E-state index contributed by atoms with van der Waals surface area (Å²) in [5.41, 5.74) is 6.57. The zero-order valence-electron chi connectivity index (χ0n) is 11.1. The fourth-order valence-electron chi connectivity index (χ4n) is 1.85. The summed E-state index contributed by atoms with van der Waals surface area (Å²) in [6.07, 6.45) is 0. The van der Waals surface area contributed by atoms with Crippen LogP contribution in [0.3, 0.4) is 0 Å². The third-order valence-corrected chi connectivity index (χ3v) is 3.86. The lowest BCUT2D eigenvalue weighted by atomic mass is 9.91. The van der Waals surface area contributed by atoms with Gasteiger partial charge in [0, 0.05) is 22.4 Å². The van der Waals surface area contributed by atoms with Gasteiger partial charge < -0.3 is 5.73 Å². The maximum absolute atomic E-state index is 13.8. The normalized spacial score (nSPS) is 11.9. The van der Waals surface area contributed by atoms with Gasteiger partial charge in [-0.3, -0.25) is 0 Å².